The van der Waals surface area contributed by atoms with Crippen molar-refractivity contribution >= 4 is 53.9 Å². The molecule has 0 spiro atoms. The normalized spacial score (nSPS) is 11.5. The fourth-order valence-electron chi connectivity index (χ4n) is 5.62. The van der Waals surface area contributed by atoms with Gasteiger partial charge in [-0.3, -0.25) is 0 Å². The molecule has 0 aliphatic heterocycles. The molecule has 0 bridgehead atoms. The van der Waals surface area contributed by atoms with Crippen LogP contribution in [0.15, 0.2) is 115 Å². The first-order valence-electron chi connectivity index (χ1n) is 11.5. The van der Waals surface area contributed by atoms with Crippen LogP contribution in [0.4, 0.5) is 0 Å². The lowest BCUT2D eigenvalue weighted by atomic mass is 9.86. The molecule has 0 atom stereocenters. The summed E-state index contributed by atoms with van der Waals surface area (Å²) in [6.45, 7) is 0. The Morgan fingerprint density at radius 1 is 0.382 bits per heavy atom. The van der Waals surface area contributed by atoms with Crippen molar-refractivity contribution in [2.75, 3.05) is 0 Å². The highest BCUT2D eigenvalue weighted by Gasteiger charge is 2.16. The van der Waals surface area contributed by atoms with Gasteiger partial charge >= 0.3 is 0 Å². The first-order valence-corrected chi connectivity index (χ1v) is 11.5. The predicted octanol–water partition coefficient (Wildman–Crippen LogP) is 8.99. The molecule has 0 aliphatic carbocycles. The van der Waals surface area contributed by atoms with Gasteiger partial charge < -0.3 is 0 Å². The summed E-state index contributed by atoms with van der Waals surface area (Å²) < 4.78 is 0. The van der Waals surface area contributed by atoms with Crippen molar-refractivity contribution < 1.29 is 0 Å². The summed E-state index contributed by atoms with van der Waals surface area (Å²) in [5, 5.41) is 21.9. The van der Waals surface area contributed by atoms with E-state index in [-0.39, 0.29) is 0 Å². The molecule has 7 aromatic carbocycles. The van der Waals surface area contributed by atoms with Crippen molar-refractivity contribution in [2.24, 2.45) is 0 Å². The van der Waals surface area contributed by atoms with E-state index in [0.717, 1.165) is 16.3 Å². The second-order valence-corrected chi connectivity index (χ2v) is 8.80. The maximum absolute atomic E-state index is 9.68. The van der Waals surface area contributed by atoms with Gasteiger partial charge in [0.15, 0.2) is 0 Å². The average Bonchev–Trinajstić information content (AvgIpc) is 2.92. The molecule has 0 aliphatic rings. The Labute approximate surface area is 197 Å². The number of fused-ring (bicyclic) bond motifs is 9. The minimum atomic E-state index is 0.709. The fourth-order valence-corrected chi connectivity index (χ4v) is 5.62. The van der Waals surface area contributed by atoms with Gasteiger partial charge in [-0.15, -0.1) is 0 Å². The number of benzene rings is 7. The Bertz CT molecular complexity index is 1970. The third kappa shape index (κ3) is 2.54. The van der Waals surface area contributed by atoms with Gasteiger partial charge in [0.1, 0.15) is 0 Å². The molecule has 156 valence electrons. The molecule has 0 saturated carbocycles. The summed E-state index contributed by atoms with van der Waals surface area (Å²) in [4.78, 5) is 0. The Morgan fingerprint density at radius 2 is 0.824 bits per heavy atom. The molecule has 0 unspecified atom stereocenters. The molecule has 1 heteroatoms. The molecule has 1 nitrogen and oxygen atoms in total. The van der Waals surface area contributed by atoms with E-state index in [0.29, 0.717) is 5.56 Å². The number of hydrogen-bond donors (Lipinski definition) is 0. The van der Waals surface area contributed by atoms with E-state index in [1.165, 1.54) is 48.7 Å². The molecule has 0 aromatic heterocycles. The third-order valence-electron chi connectivity index (χ3n) is 7.08. The lowest BCUT2D eigenvalue weighted by Gasteiger charge is -2.17. The first kappa shape index (κ1) is 18.9. The summed E-state index contributed by atoms with van der Waals surface area (Å²) >= 11 is 0. The number of nitriles is 1. The maximum Gasteiger partial charge on any atom is 0.0998 e. The summed E-state index contributed by atoms with van der Waals surface area (Å²) in [5.41, 5.74) is 3.06. The molecule has 0 amide bonds. The van der Waals surface area contributed by atoms with E-state index in [1.54, 1.807) is 0 Å². The van der Waals surface area contributed by atoms with Crippen molar-refractivity contribution in [1.82, 2.24) is 0 Å². The van der Waals surface area contributed by atoms with Crippen LogP contribution in [-0.4, -0.2) is 0 Å². The summed E-state index contributed by atoms with van der Waals surface area (Å²) in [6, 6.07) is 43.2. The van der Waals surface area contributed by atoms with Crippen LogP contribution in [0.5, 0.6) is 0 Å². The van der Waals surface area contributed by atoms with Gasteiger partial charge in [0.25, 0.3) is 0 Å². The van der Waals surface area contributed by atoms with Gasteiger partial charge in [-0.05, 0) is 71.7 Å². The summed E-state index contributed by atoms with van der Waals surface area (Å²) in [6.07, 6.45) is 0. The highest BCUT2D eigenvalue weighted by molar-refractivity contribution is 6.33. The van der Waals surface area contributed by atoms with Crippen LogP contribution >= 0.6 is 0 Å². The Balaban J connectivity index is 1.75. The van der Waals surface area contributed by atoms with E-state index >= 15 is 0 Å². The zero-order valence-corrected chi connectivity index (χ0v) is 18.4. The molecule has 0 fully saturated rings. The second-order valence-electron chi connectivity index (χ2n) is 8.80. The molecule has 0 N–H and O–H groups in total. The zero-order chi connectivity index (χ0) is 22.6. The molecular formula is C33H19N. The highest BCUT2D eigenvalue weighted by atomic mass is 14.2. The van der Waals surface area contributed by atoms with Gasteiger partial charge in [-0.25, -0.2) is 0 Å². The monoisotopic (exact) mass is 429 g/mol. The summed E-state index contributed by atoms with van der Waals surface area (Å²) in [7, 11) is 0. The van der Waals surface area contributed by atoms with Crippen LogP contribution in [0.3, 0.4) is 0 Å². The minimum Gasteiger partial charge on any atom is -0.192 e. The molecule has 0 radical (unpaired) electrons. The van der Waals surface area contributed by atoms with E-state index in [9.17, 15) is 5.26 Å². The minimum absolute atomic E-state index is 0.709. The topological polar surface area (TPSA) is 23.8 Å². The van der Waals surface area contributed by atoms with Crippen LogP contribution in [0.1, 0.15) is 5.56 Å². The van der Waals surface area contributed by atoms with Gasteiger partial charge in [-0.1, -0.05) is 103 Å². The van der Waals surface area contributed by atoms with Gasteiger partial charge in [0, 0.05) is 5.39 Å². The standard InChI is InChI=1S/C33H19N/c34-20-21-17-18-28(23-10-2-1-9-22(21)23)31-19-32-26-13-4-3-11-24(26)25-12-5-7-15-29(25)33(32)30-16-8-6-14-27(30)31/h1-19H. The Morgan fingerprint density at radius 3 is 1.44 bits per heavy atom. The molecule has 34 heavy (non-hydrogen) atoms. The van der Waals surface area contributed by atoms with Crippen molar-refractivity contribution in [1.29, 1.82) is 5.26 Å². The van der Waals surface area contributed by atoms with Crippen LogP contribution in [0, 0.1) is 11.3 Å². The quantitative estimate of drug-likeness (QED) is 0.239. The van der Waals surface area contributed by atoms with E-state index in [2.05, 4.69) is 103 Å². The largest absolute Gasteiger partial charge is 0.192 e. The lowest BCUT2D eigenvalue weighted by Crippen LogP contribution is -1.90. The number of hydrogen-bond acceptors (Lipinski definition) is 1. The molecule has 7 rings (SSSR count). The van der Waals surface area contributed by atoms with E-state index in [4.69, 9.17) is 0 Å². The Hall–Kier alpha value is -4.67. The van der Waals surface area contributed by atoms with E-state index < -0.39 is 0 Å². The van der Waals surface area contributed by atoms with Crippen molar-refractivity contribution in [2.45, 2.75) is 0 Å². The zero-order valence-electron chi connectivity index (χ0n) is 18.4. The lowest BCUT2D eigenvalue weighted by molar-refractivity contribution is 1.50. The van der Waals surface area contributed by atoms with Crippen molar-refractivity contribution in [3.8, 4) is 17.2 Å². The number of rotatable bonds is 1. The second kappa shape index (κ2) is 7.17. The smallest absolute Gasteiger partial charge is 0.0998 e. The fraction of sp³-hybridized carbons (Fsp3) is 0. The maximum atomic E-state index is 9.68. The summed E-state index contributed by atoms with van der Waals surface area (Å²) in [5.74, 6) is 0. The van der Waals surface area contributed by atoms with Crippen molar-refractivity contribution in [3.05, 3.63) is 121 Å². The van der Waals surface area contributed by atoms with Gasteiger partial charge in [-0.2, -0.15) is 5.26 Å². The van der Waals surface area contributed by atoms with E-state index in [1.807, 2.05) is 18.2 Å². The van der Waals surface area contributed by atoms with Crippen molar-refractivity contribution in [3.63, 3.8) is 0 Å². The SMILES string of the molecule is N#Cc1ccc(-c2cc3c4ccccc4c4ccccc4c3c3ccccc23)c2ccccc12. The highest BCUT2D eigenvalue weighted by Crippen LogP contribution is 2.44. The molecule has 0 heterocycles. The van der Waals surface area contributed by atoms with Crippen LogP contribution in [-0.2, 0) is 0 Å². The molecule has 7 aromatic rings. The third-order valence-corrected chi connectivity index (χ3v) is 7.08. The van der Waals surface area contributed by atoms with Crippen LogP contribution < -0.4 is 0 Å². The van der Waals surface area contributed by atoms with Gasteiger partial charge in [0.05, 0.1) is 11.6 Å². The average molecular weight is 430 g/mol. The number of nitrogens with zero attached hydrogens (tertiary/aromatic N) is 1. The molecule has 0 saturated heterocycles. The molecular weight excluding hydrogens is 410 g/mol. The predicted molar refractivity (Wildman–Crippen MR) is 144 cm³/mol. The first-order chi connectivity index (χ1) is 16.8. The van der Waals surface area contributed by atoms with Crippen LogP contribution in [0.25, 0.3) is 65.0 Å². The van der Waals surface area contributed by atoms with Gasteiger partial charge in [0.2, 0.25) is 0 Å². The van der Waals surface area contributed by atoms with Crippen LogP contribution in [0.2, 0.25) is 0 Å². The Kier molecular flexibility index (Phi) is 3.98.